The molecule has 0 aliphatic rings. The van der Waals surface area contributed by atoms with E-state index >= 15 is 0 Å². The maximum atomic E-state index is 11.3. The van der Waals surface area contributed by atoms with Gasteiger partial charge < -0.3 is 9.15 Å². The summed E-state index contributed by atoms with van der Waals surface area (Å²) in [6.45, 7) is 6.42. The minimum Gasteiger partial charge on any atom is -0.466 e. The van der Waals surface area contributed by atoms with Crippen LogP contribution in [0.1, 0.15) is 64.2 Å². The van der Waals surface area contributed by atoms with Crippen LogP contribution in [0.3, 0.4) is 0 Å². The molecule has 0 radical (unpaired) electrons. The summed E-state index contributed by atoms with van der Waals surface area (Å²) in [6.07, 6.45) is 4.30. The standard InChI is InChI=1S/C13H22N2O3/c1-4-7-10(8-5-2)13-15-14-11(18-13)9-12(16)17-6-3/h10H,4-9H2,1-3H3. The van der Waals surface area contributed by atoms with E-state index < -0.39 is 0 Å². The first kappa shape index (κ1) is 14.7. The minimum atomic E-state index is -0.324. The summed E-state index contributed by atoms with van der Waals surface area (Å²) in [6, 6.07) is 0. The molecule has 5 nitrogen and oxygen atoms in total. The van der Waals surface area contributed by atoms with E-state index in [1.165, 1.54) is 0 Å². The molecule has 0 fully saturated rings. The summed E-state index contributed by atoms with van der Waals surface area (Å²) in [7, 11) is 0. The molecular formula is C13H22N2O3. The van der Waals surface area contributed by atoms with Crippen LogP contribution >= 0.6 is 0 Å². The second-order valence-corrected chi connectivity index (χ2v) is 4.29. The van der Waals surface area contributed by atoms with Crippen molar-refractivity contribution < 1.29 is 13.9 Å². The van der Waals surface area contributed by atoms with E-state index in [4.69, 9.17) is 9.15 Å². The van der Waals surface area contributed by atoms with Crippen molar-refractivity contribution in [2.75, 3.05) is 6.61 Å². The third kappa shape index (κ3) is 4.47. The highest BCUT2D eigenvalue weighted by molar-refractivity contribution is 5.71. The molecule has 1 aromatic rings. The third-order valence-electron chi connectivity index (χ3n) is 2.71. The van der Waals surface area contributed by atoms with Crippen LogP contribution in [0.25, 0.3) is 0 Å². The molecule has 0 atom stereocenters. The maximum Gasteiger partial charge on any atom is 0.315 e. The lowest BCUT2D eigenvalue weighted by molar-refractivity contribution is -0.142. The molecule has 0 N–H and O–H groups in total. The first-order valence-corrected chi connectivity index (χ1v) is 6.69. The predicted molar refractivity (Wildman–Crippen MR) is 67.2 cm³/mol. The fraction of sp³-hybridized carbons (Fsp3) is 0.769. The molecule has 0 aromatic carbocycles. The molecule has 0 saturated heterocycles. The molecule has 0 spiro atoms. The number of rotatable bonds is 8. The molecule has 0 aliphatic carbocycles. The molecule has 1 heterocycles. The molecule has 102 valence electrons. The number of hydrogen-bond donors (Lipinski definition) is 0. The van der Waals surface area contributed by atoms with Crippen molar-refractivity contribution in [3.8, 4) is 0 Å². The lowest BCUT2D eigenvalue weighted by Gasteiger charge is -2.09. The predicted octanol–water partition coefficient (Wildman–Crippen LogP) is 2.86. The average molecular weight is 254 g/mol. The Morgan fingerprint density at radius 3 is 2.44 bits per heavy atom. The first-order valence-electron chi connectivity index (χ1n) is 6.69. The van der Waals surface area contributed by atoms with Gasteiger partial charge in [0.1, 0.15) is 6.42 Å². The van der Waals surface area contributed by atoms with Crippen molar-refractivity contribution in [3.63, 3.8) is 0 Å². The van der Waals surface area contributed by atoms with E-state index in [2.05, 4.69) is 24.0 Å². The molecule has 1 aromatic heterocycles. The van der Waals surface area contributed by atoms with E-state index in [0.29, 0.717) is 24.3 Å². The Bertz CT molecular complexity index is 357. The molecule has 0 aliphatic heterocycles. The fourth-order valence-electron chi connectivity index (χ4n) is 1.93. The molecular weight excluding hydrogens is 232 g/mol. The quantitative estimate of drug-likeness (QED) is 0.667. The number of esters is 1. The van der Waals surface area contributed by atoms with Gasteiger partial charge in [-0.15, -0.1) is 10.2 Å². The Labute approximate surface area is 108 Å². The van der Waals surface area contributed by atoms with Crippen molar-refractivity contribution >= 4 is 5.97 Å². The minimum absolute atomic E-state index is 0.0613. The second kappa shape index (κ2) is 7.84. The van der Waals surface area contributed by atoms with Gasteiger partial charge in [0.2, 0.25) is 11.8 Å². The number of ether oxygens (including phenoxy) is 1. The van der Waals surface area contributed by atoms with Gasteiger partial charge in [-0.1, -0.05) is 26.7 Å². The zero-order valence-corrected chi connectivity index (χ0v) is 11.4. The third-order valence-corrected chi connectivity index (χ3v) is 2.71. The van der Waals surface area contributed by atoms with Gasteiger partial charge in [-0.05, 0) is 19.8 Å². The highest BCUT2D eigenvalue weighted by Crippen LogP contribution is 2.25. The largest absolute Gasteiger partial charge is 0.466 e. The van der Waals surface area contributed by atoms with Crippen LogP contribution in [0.2, 0.25) is 0 Å². The van der Waals surface area contributed by atoms with E-state index in [-0.39, 0.29) is 12.4 Å². The second-order valence-electron chi connectivity index (χ2n) is 4.29. The fourth-order valence-corrected chi connectivity index (χ4v) is 1.93. The van der Waals surface area contributed by atoms with Gasteiger partial charge in [0.25, 0.3) is 0 Å². The van der Waals surface area contributed by atoms with E-state index in [9.17, 15) is 4.79 Å². The van der Waals surface area contributed by atoms with Crippen molar-refractivity contribution in [1.82, 2.24) is 10.2 Å². The van der Waals surface area contributed by atoms with Crippen LogP contribution in [0, 0.1) is 0 Å². The average Bonchev–Trinajstić information content (AvgIpc) is 2.77. The van der Waals surface area contributed by atoms with Crippen molar-refractivity contribution in [2.45, 2.75) is 58.8 Å². The number of hydrogen-bond acceptors (Lipinski definition) is 5. The summed E-state index contributed by atoms with van der Waals surface area (Å²) in [5.74, 6) is 0.984. The smallest absolute Gasteiger partial charge is 0.315 e. The van der Waals surface area contributed by atoms with Gasteiger partial charge in [0.15, 0.2) is 0 Å². The van der Waals surface area contributed by atoms with Crippen LogP contribution in [-0.2, 0) is 16.0 Å². The lowest BCUT2D eigenvalue weighted by atomic mass is 9.98. The van der Waals surface area contributed by atoms with Gasteiger partial charge >= 0.3 is 5.97 Å². The number of nitrogens with zero attached hydrogens (tertiary/aromatic N) is 2. The molecule has 0 unspecified atom stereocenters. The normalized spacial score (nSPS) is 10.9. The van der Waals surface area contributed by atoms with Crippen LogP contribution in [0.15, 0.2) is 4.42 Å². The van der Waals surface area contributed by atoms with E-state index in [1.54, 1.807) is 6.92 Å². The van der Waals surface area contributed by atoms with Gasteiger partial charge in [-0.2, -0.15) is 0 Å². The van der Waals surface area contributed by atoms with Crippen LogP contribution in [0.5, 0.6) is 0 Å². The molecule has 0 amide bonds. The highest BCUT2D eigenvalue weighted by atomic mass is 16.5. The Kier molecular flexibility index (Phi) is 6.39. The molecule has 18 heavy (non-hydrogen) atoms. The molecule has 5 heteroatoms. The highest BCUT2D eigenvalue weighted by Gasteiger charge is 2.18. The zero-order chi connectivity index (χ0) is 13.4. The Hall–Kier alpha value is -1.39. The van der Waals surface area contributed by atoms with Gasteiger partial charge in [0, 0.05) is 5.92 Å². The summed E-state index contributed by atoms with van der Waals surface area (Å²) < 4.78 is 10.4. The van der Waals surface area contributed by atoms with Crippen molar-refractivity contribution in [3.05, 3.63) is 11.8 Å². The Morgan fingerprint density at radius 2 is 1.89 bits per heavy atom. The van der Waals surface area contributed by atoms with Crippen LogP contribution < -0.4 is 0 Å². The molecule has 1 rings (SSSR count). The molecule has 0 bridgehead atoms. The van der Waals surface area contributed by atoms with Crippen molar-refractivity contribution in [2.24, 2.45) is 0 Å². The van der Waals surface area contributed by atoms with Gasteiger partial charge in [-0.3, -0.25) is 4.79 Å². The van der Waals surface area contributed by atoms with Crippen LogP contribution in [-0.4, -0.2) is 22.8 Å². The monoisotopic (exact) mass is 254 g/mol. The first-order chi connectivity index (χ1) is 8.71. The summed E-state index contributed by atoms with van der Waals surface area (Å²) in [4.78, 5) is 11.3. The maximum absolute atomic E-state index is 11.3. The summed E-state index contributed by atoms with van der Waals surface area (Å²) >= 11 is 0. The lowest BCUT2D eigenvalue weighted by Crippen LogP contribution is -2.07. The Morgan fingerprint density at radius 1 is 1.22 bits per heavy atom. The van der Waals surface area contributed by atoms with E-state index in [0.717, 1.165) is 25.7 Å². The molecule has 0 saturated carbocycles. The van der Waals surface area contributed by atoms with Crippen molar-refractivity contribution in [1.29, 1.82) is 0 Å². The van der Waals surface area contributed by atoms with Crippen LogP contribution in [0.4, 0.5) is 0 Å². The van der Waals surface area contributed by atoms with Gasteiger partial charge in [-0.25, -0.2) is 0 Å². The number of aromatic nitrogens is 2. The SMILES string of the molecule is CCCC(CCC)c1nnc(CC(=O)OCC)o1. The number of carbonyl (C=O) groups is 1. The summed E-state index contributed by atoms with van der Waals surface area (Å²) in [5.41, 5.74) is 0. The van der Waals surface area contributed by atoms with Gasteiger partial charge in [0.05, 0.1) is 6.61 Å². The zero-order valence-electron chi connectivity index (χ0n) is 11.4. The van der Waals surface area contributed by atoms with E-state index in [1.807, 2.05) is 0 Å². The summed E-state index contributed by atoms with van der Waals surface area (Å²) in [5, 5.41) is 7.95. The number of carbonyl (C=O) groups excluding carboxylic acids is 1. The topological polar surface area (TPSA) is 65.2 Å². The Balaban J connectivity index is 2.62.